The van der Waals surface area contributed by atoms with Gasteiger partial charge >= 0.3 is 5.97 Å². The summed E-state index contributed by atoms with van der Waals surface area (Å²) in [6, 6.07) is 4.32. The number of aliphatic hydroxyl groups excluding tert-OH is 1. The first-order valence-corrected chi connectivity index (χ1v) is 6.71. The van der Waals surface area contributed by atoms with E-state index in [9.17, 15) is 18.7 Å². The molecule has 0 heterocycles. The number of alkyl halides is 1. The Bertz CT molecular complexity index is 504. The number of carboxylic acid groups (broad SMARTS) is 1. The minimum Gasteiger partial charge on any atom is -0.481 e. The van der Waals surface area contributed by atoms with E-state index in [0.717, 1.165) is 0 Å². The SMILES string of the molecule is C[C@H](C(=O)O)c1ccc(C[C@H]2C[C@H](F)CC2O)c(F)c1. The van der Waals surface area contributed by atoms with Crippen LogP contribution in [0.2, 0.25) is 0 Å². The molecule has 5 heteroatoms. The third kappa shape index (κ3) is 3.15. The van der Waals surface area contributed by atoms with Gasteiger partial charge in [-0.15, -0.1) is 0 Å². The van der Waals surface area contributed by atoms with Gasteiger partial charge < -0.3 is 10.2 Å². The van der Waals surface area contributed by atoms with E-state index in [2.05, 4.69) is 0 Å². The lowest BCUT2D eigenvalue weighted by Crippen LogP contribution is -2.16. The minimum atomic E-state index is -1.02. The molecule has 0 aromatic heterocycles. The first-order valence-electron chi connectivity index (χ1n) is 6.71. The monoisotopic (exact) mass is 284 g/mol. The molecule has 0 amide bonds. The summed E-state index contributed by atoms with van der Waals surface area (Å²) < 4.78 is 27.2. The predicted molar refractivity (Wildman–Crippen MR) is 69.8 cm³/mol. The van der Waals surface area contributed by atoms with Crippen LogP contribution in [0.15, 0.2) is 18.2 Å². The molecule has 1 aliphatic rings. The third-order valence-electron chi connectivity index (χ3n) is 4.03. The van der Waals surface area contributed by atoms with Crippen molar-refractivity contribution >= 4 is 5.97 Å². The molecule has 1 aromatic carbocycles. The molecule has 1 unspecified atom stereocenters. The predicted octanol–water partition coefficient (Wildman–Crippen LogP) is 2.67. The smallest absolute Gasteiger partial charge is 0.310 e. The van der Waals surface area contributed by atoms with E-state index in [1.807, 2.05) is 0 Å². The molecule has 0 aliphatic heterocycles. The minimum absolute atomic E-state index is 0.112. The molecule has 1 aromatic rings. The number of benzene rings is 1. The van der Waals surface area contributed by atoms with Crippen LogP contribution in [0.25, 0.3) is 0 Å². The number of halogens is 2. The number of carbonyl (C=O) groups is 1. The molecule has 1 saturated carbocycles. The van der Waals surface area contributed by atoms with Gasteiger partial charge in [0.25, 0.3) is 0 Å². The van der Waals surface area contributed by atoms with Crippen molar-refractivity contribution in [2.24, 2.45) is 5.92 Å². The molecule has 1 fully saturated rings. The van der Waals surface area contributed by atoms with Gasteiger partial charge in [0.2, 0.25) is 0 Å². The van der Waals surface area contributed by atoms with Crippen molar-refractivity contribution in [3.8, 4) is 0 Å². The summed E-state index contributed by atoms with van der Waals surface area (Å²) in [5.74, 6) is -2.55. The van der Waals surface area contributed by atoms with Crippen LogP contribution in [0.3, 0.4) is 0 Å². The van der Waals surface area contributed by atoms with Crippen LogP contribution >= 0.6 is 0 Å². The normalized spacial score (nSPS) is 27.5. The van der Waals surface area contributed by atoms with Gasteiger partial charge in [-0.25, -0.2) is 8.78 Å². The molecule has 2 N–H and O–H groups in total. The molecule has 0 bridgehead atoms. The van der Waals surface area contributed by atoms with E-state index in [-0.39, 0.29) is 25.2 Å². The van der Waals surface area contributed by atoms with Gasteiger partial charge in [-0.05, 0) is 42.9 Å². The second-order valence-electron chi connectivity index (χ2n) is 5.51. The highest BCUT2D eigenvalue weighted by Crippen LogP contribution is 2.32. The van der Waals surface area contributed by atoms with Gasteiger partial charge in [0.05, 0.1) is 12.0 Å². The van der Waals surface area contributed by atoms with E-state index in [1.165, 1.54) is 19.1 Å². The fourth-order valence-electron chi connectivity index (χ4n) is 2.68. The van der Waals surface area contributed by atoms with Crippen molar-refractivity contribution < 1.29 is 23.8 Å². The zero-order valence-corrected chi connectivity index (χ0v) is 11.2. The summed E-state index contributed by atoms with van der Waals surface area (Å²) in [6.07, 6.45) is -1.13. The van der Waals surface area contributed by atoms with Crippen molar-refractivity contribution in [1.29, 1.82) is 0 Å². The highest BCUT2D eigenvalue weighted by molar-refractivity contribution is 5.75. The van der Waals surface area contributed by atoms with Crippen LogP contribution < -0.4 is 0 Å². The Hall–Kier alpha value is -1.49. The van der Waals surface area contributed by atoms with Crippen LogP contribution in [-0.2, 0) is 11.2 Å². The van der Waals surface area contributed by atoms with E-state index < -0.39 is 30.0 Å². The fraction of sp³-hybridized carbons (Fsp3) is 0.533. The van der Waals surface area contributed by atoms with Crippen LogP contribution in [0.5, 0.6) is 0 Å². The molecular formula is C15H18F2O3. The number of carboxylic acids is 1. The van der Waals surface area contributed by atoms with Gasteiger partial charge in [0.1, 0.15) is 12.0 Å². The Morgan fingerprint density at radius 2 is 2.15 bits per heavy atom. The summed E-state index contributed by atoms with van der Waals surface area (Å²) >= 11 is 0. The van der Waals surface area contributed by atoms with Crippen LogP contribution in [0.4, 0.5) is 8.78 Å². The molecule has 0 spiro atoms. The van der Waals surface area contributed by atoms with Crippen molar-refractivity contribution in [1.82, 2.24) is 0 Å². The standard InChI is InChI=1S/C15H18F2O3/c1-8(15(19)20)9-2-3-10(13(17)6-9)4-11-5-12(16)7-14(11)18/h2-3,6,8,11-12,14,18H,4-5,7H2,1H3,(H,19,20)/t8-,11-,12-,14?/m0/s1. The molecule has 0 saturated heterocycles. The summed E-state index contributed by atoms with van der Waals surface area (Å²) in [7, 11) is 0. The molecular weight excluding hydrogens is 266 g/mol. The van der Waals surface area contributed by atoms with Crippen molar-refractivity contribution in [3.63, 3.8) is 0 Å². The summed E-state index contributed by atoms with van der Waals surface area (Å²) in [5, 5.41) is 18.6. The number of rotatable bonds is 4. The molecule has 2 rings (SSSR count). The second-order valence-corrected chi connectivity index (χ2v) is 5.51. The molecule has 4 atom stereocenters. The first kappa shape index (κ1) is 14.9. The number of aliphatic carboxylic acids is 1. The van der Waals surface area contributed by atoms with E-state index in [4.69, 9.17) is 5.11 Å². The Balaban J connectivity index is 2.12. The van der Waals surface area contributed by atoms with Crippen molar-refractivity contribution in [2.45, 2.75) is 44.4 Å². The Kier molecular flexibility index (Phi) is 4.38. The van der Waals surface area contributed by atoms with Gasteiger partial charge in [0.15, 0.2) is 0 Å². The Morgan fingerprint density at radius 3 is 2.65 bits per heavy atom. The quantitative estimate of drug-likeness (QED) is 0.893. The highest BCUT2D eigenvalue weighted by atomic mass is 19.1. The van der Waals surface area contributed by atoms with E-state index in [1.54, 1.807) is 6.07 Å². The van der Waals surface area contributed by atoms with Gasteiger partial charge in [0, 0.05) is 6.42 Å². The van der Waals surface area contributed by atoms with Crippen LogP contribution in [0, 0.1) is 11.7 Å². The fourth-order valence-corrected chi connectivity index (χ4v) is 2.68. The summed E-state index contributed by atoms with van der Waals surface area (Å²) in [5.41, 5.74) is 0.790. The number of hydrogen-bond donors (Lipinski definition) is 2. The Labute approximate surface area is 116 Å². The average molecular weight is 284 g/mol. The Morgan fingerprint density at radius 1 is 1.45 bits per heavy atom. The van der Waals surface area contributed by atoms with E-state index in [0.29, 0.717) is 11.1 Å². The molecule has 3 nitrogen and oxygen atoms in total. The third-order valence-corrected chi connectivity index (χ3v) is 4.03. The topological polar surface area (TPSA) is 57.5 Å². The lowest BCUT2D eigenvalue weighted by Gasteiger charge is -2.15. The van der Waals surface area contributed by atoms with Gasteiger partial charge in [-0.2, -0.15) is 0 Å². The lowest BCUT2D eigenvalue weighted by molar-refractivity contribution is -0.138. The molecule has 0 radical (unpaired) electrons. The summed E-state index contributed by atoms with van der Waals surface area (Å²) in [4.78, 5) is 10.9. The highest BCUT2D eigenvalue weighted by Gasteiger charge is 2.33. The van der Waals surface area contributed by atoms with Crippen molar-refractivity contribution in [2.75, 3.05) is 0 Å². The zero-order valence-electron chi connectivity index (χ0n) is 11.2. The maximum absolute atomic E-state index is 14.0. The number of aliphatic hydroxyl groups is 1. The van der Waals surface area contributed by atoms with Crippen molar-refractivity contribution in [3.05, 3.63) is 35.1 Å². The molecule has 1 aliphatic carbocycles. The van der Waals surface area contributed by atoms with E-state index >= 15 is 0 Å². The number of hydrogen-bond acceptors (Lipinski definition) is 2. The average Bonchev–Trinajstić information content (AvgIpc) is 2.69. The second kappa shape index (κ2) is 5.87. The maximum atomic E-state index is 14.0. The van der Waals surface area contributed by atoms with Crippen LogP contribution in [0.1, 0.15) is 36.8 Å². The zero-order chi connectivity index (χ0) is 14.9. The van der Waals surface area contributed by atoms with Gasteiger partial charge in [-0.1, -0.05) is 12.1 Å². The molecule has 20 heavy (non-hydrogen) atoms. The maximum Gasteiger partial charge on any atom is 0.310 e. The lowest BCUT2D eigenvalue weighted by atomic mass is 9.93. The summed E-state index contributed by atoms with van der Waals surface area (Å²) in [6.45, 7) is 1.49. The van der Waals surface area contributed by atoms with Crippen LogP contribution in [-0.4, -0.2) is 28.5 Å². The molecule has 110 valence electrons. The largest absolute Gasteiger partial charge is 0.481 e. The van der Waals surface area contributed by atoms with Gasteiger partial charge in [-0.3, -0.25) is 4.79 Å². The first-order chi connectivity index (χ1) is 9.38.